The van der Waals surface area contributed by atoms with Crippen molar-refractivity contribution in [2.45, 2.75) is 57.5 Å². The van der Waals surface area contributed by atoms with Gasteiger partial charge in [-0.2, -0.15) is 0 Å². The summed E-state index contributed by atoms with van der Waals surface area (Å²) in [6.07, 6.45) is 8.83. The minimum atomic E-state index is -0.637. The smallest absolute Gasteiger partial charge is 0.249 e. The number of benzene rings is 1. The van der Waals surface area contributed by atoms with Crippen LogP contribution in [-0.2, 0) is 20.8 Å². The van der Waals surface area contributed by atoms with Crippen LogP contribution < -0.4 is 10.6 Å². The third kappa shape index (κ3) is 6.16. The number of nitrogens with one attached hydrogen (secondary N) is 2. The van der Waals surface area contributed by atoms with Gasteiger partial charge in [-0.15, -0.1) is 0 Å². The lowest BCUT2D eigenvalue weighted by atomic mass is 9.83. The summed E-state index contributed by atoms with van der Waals surface area (Å²) in [5, 5.41) is 5.83. The van der Waals surface area contributed by atoms with E-state index in [4.69, 9.17) is 0 Å². The van der Waals surface area contributed by atoms with Crippen LogP contribution in [0.3, 0.4) is 0 Å². The predicted octanol–water partition coefficient (Wildman–Crippen LogP) is 2.18. The Morgan fingerprint density at radius 1 is 1.12 bits per heavy atom. The highest BCUT2D eigenvalue weighted by Gasteiger charge is 2.36. The molecule has 0 spiro atoms. The molecule has 0 aromatic heterocycles. The van der Waals surface area contributed by atoms with Crippen LogP contribution in [0.4, 0.5) is 4.39 Å². The van der Waals surface area contributed by atoms with E-state index in [0.717, 1.165) is 37.7 Å². The Hall–Kier alpha value is -2.74. The van der Waals surface area contributed by atoms with E-state index < -0.39 is 12.1 Å². The molecule has 174 valence electrons. The number of likely N-dealkylation sites (N-methyl/N-ethyl adjacent to an activating group) is 1. The fraction of sp³-hybridized carbons (Fsp3) is 0.542. The third-order valence-corrected chi connectivity index (χ3v) is 6.40. The van der Waals surface area contributed by atoms with Crippen molar-refractivity contribution in [3.63, 3.8) is 0 Å². The molecule has 2 N–H and O–H groups in total. The van der Waals surface area contributed by atoms with E-state index >= 15 is 0 Å². The number of rotatable bonds is 8. The molecule has 7 nitrogen and oxygen atoms in total. The van der Waals surface area contributed by atoms with E-state index in [-0.39, 0.29) is 36.0 Å². The lowest BCUT2D eigenvalue weighted by Crippen LogP contribution is -2.56. The Balaban J connectivity index is 1.65. The van der Waals surface area contributed by atoms with Crippen LogP contribution in [0.25, 0.3) is 0 Å². The molecule has 3 amide bonds. The summed E-state index contributed by atoms with van der Waals surface area (Å²) in [7, 11) is 1.70. The van der Waals surface area contributed by atoms with E-state index in [1.807, 2.05) is 0 Å². The van der Waals surface area contributed by atoms with E-state index in [2.05, 4.69) is 10.6 Å². The molecular formula is C24H33FN4O3. The largest absolute Gasteiger partial charge is 0.343 e. The molecule has 0 bridgehead atoms. The molecule has 1 aromatic rings. The highest BCUT2D eigenvalue weighted by atomic mass is 19.1. The van der Waals surface area contributed by atoms with Gasteiger partial charge >= 0.3 is 0 Å². The van der Waals surface area contributed by atoms with Crippen LogP contribution in [0.2, 0.25) is 0 Å². The molecule has 0 unspecified atom stereocenters. The summed E-state index contributed by atoms with van der Waals surface area (Å²) >= 11 is 0. The maximum Gasteiger partial charge on any atom is 0.249 e. The molecule has 0 saturated heterocycles. The fourth-order valence-corrected chi connectivity index (χ4v) is 4.22. The Morgan fingerprint density at radius 3 is 2.44 bits per heavy atom. The van der Waals surface area contributed by atoms with Crippen molar-refractivity contribution in [3.8, 4) is 0 Å². The zero-order chi connectivity index (χ0) is 23.1. The van der Waals surface area contributed by atoms with Gasteiger partial charge in [-0.1, -0.05) is 31.4 Å². The Morgan fingerprint density at radius 2 is 1.81 bits per heavy atom. The second kappa shape index (κ2) is 11.2. The van der Waals surface area contributed by atoms with Crippen LogP contribution in [0.15, 0.2) is 36.7 Å². The molecular weight excluding hydrogens is 411 g/mol. The van der Waals surface area contributed by atoms with Crippen molar-refractivity contribution in [2.75, 3.05) is 20.1 Å². The quantitative estimate of drug-likeness (QED) is 0.644. The molecule has 2 atom stereocenters. The predicted molar refractivity (Wildman–Crippen MR) is 120 cm³/mol. The zero-order valence-electron chi connectivity index (χ0n) is 18.9. The highest BCUT2D eigenvalue weighted by Crippen LogP contribution is 2.28. The first-order valence-electron chi connectivity index (χ1n) is 11.4. The van der Waals surface area contributed by atoms with Crippen LogP contribution in [-0.4, -0.2) is 59.7 Å². The van der Waals surface area contributed by atoms with Gasteiger partial charge in [0.05, 0.1) is 6.04 Å². The number of nitrogens with zero attached hydrogens (tertiary/aromatic N) is 2. The van der Waals surface area contributed by atoms with E-state index in [1.54, 1.807) is 43.4 Å². The molecule has 2 aliphatic rings. The Bertz CT molecular complexity index is 836. The number of carbonyl (C=O) groups excluding carboxylic acids is 3. The van der Waals surface area contributed by atoms with Crippen LogP contribution in [0.5, 0.6) is 0 Å². The molecule has 8 heteroatoms. The minimum absolute atomic E-state index is 0.0561. The first kappa shape index (κ1) is 23.9. The number of amides is 3. The summed E-state index contributed by atoms with van der Waals surface area (Å²) in [5.41, 5.74) is 0.935. The standard InChI is InChI=1S/C24H33FN4O3/c1-17(26-2)23(31)27-22(19-6-4-3-5-7-19)24(32)29-15-14-28(21(30)16-29)13-12-18-8-10-20(25)11-9-18/h8-11,14-15,17,19,22,26H,3-7,12-13,16H2,1-2H3,(H,27,31)/t17-,22-/m0/s1. The van der Waals surface area contributed by atoms with E-state index in [1.165, 1.54) is 17.0 Å². The first-order chi connectivity index (χ1) is 15.4. The van der Waals surface area contributed by atoms with Gasteiger partial charge < -0.3 is 20.4 Å². The van der Waals surface area contributed by atoms with Gasteiger partial charge in [-0.05, 0) is 56.8 Å². The number of halogens is 1. The molecule has 3 rings (SSSR count). The summed E-state index contributed by atoms with van der Waals surface area (Å²) in [5.74, 6) is -0.855. The average Bonchev–Trinajstić information content (AvgIpc) is 2.82. The number of hydrogen-bond donors (Lipinski definition) is 2. The topological polar surface area (TPSA) is 81.8 Å². The van der Waals surface area contributed by atoms with E-state index in [0.29, 0.717) is 13.0 Å². The monoisotopic (exact) mass is 444 g/mol. The summed E-state index contributed by atoms with van der Waals surface area (Å²) in [6, 6.07) is 5.16. The minimum Gasteiger partial charge on any atom is -0.343 e. The Kier molecular flexibility index (Phi) is 8.39. The molecule has 32 heavy (non-hydrogen) atoms. The van der Waals surface area contributed by atoms with Gasteiger partial charge in [0.1, 0.15) is 18.4 Å². The van der Waals surface area contributed by atoms with Crippen molar-refractivity contribution in [1.82, 2.24) is 20.4 Å². The first-order valence-corrected chi connectivity index (χ1v) is 11.4. The molecule has 1 aliphatic carbocycles. The molecule has 1 heterocycles. The maximum absolute atomic E-state index is 13.3. The van der Waals surface area contributed by atoms with Gasteiger partial charge in [-0.25, -0.2) is 4.39 Å². The molecule has 0 radical (unpaired) electrons. The van der Waals surface area contributed by atoms with Crippen LogP contribution in [0, 0.1) is 11.7 Å². The number of carbonyl (C=O) groups is 3. The number of hydrogen-bond acceptors (Lipinski definition) is 4. The maximum atomic E-state index is 13.3. The van der Waals surface area contributed by atoms with Gasteiger partial charge in [-0.3, -0.25) is 14.4 Å². The lowest BCUT2D eigenvalue weighted by molar-refractivity contribution is -0.142. The van der Waals surface area contributed by atoms with Gasteiger partial charge in [0.25, 0.3) is 0 Å². The second-order valence-electron chi connectivity index (χ2n) is 8.62. The molecule has 1 aromatic carbocycles. The second-order valence-corrected chi connectivity index (χ2v) is 8.62. The molecule has 1 fully saturated rings. The highest BCUT2D eigenvalue weighted by molar-refractivity contribution is 5.93. The fourth-order valence-electron chi connectivity index (χ4n) is 4.22. The Labute approximate surface area is 189 Å². The summed E-state index contributed by atoms with van der Waals surface area (Å²) < 4.78 is 13.1. The van der Waals surface area contributed by atoms with Gasteiger partial charge in [0.2, 0.25) is 17.7 Å². The van der Waals surface area contributed by atoms with E-state index in [9.17, 15) is 18.8 Å². The van der Waals surface area contributed by atoms with Crippen molar-refractivity contribution >= 4 is 17.7 Å². The lowest BCUT2D eigenvalue weighted by Gasteiger charge is -2.35. The van der Waals surface area contributed by atoms with Gasteiger partial charge in [0.15, 0.2) is 0 Å². The van der Waals surface area contributed by atoms with Crippen molar-refractivity contribution in [3.05, 3.63) is 48.0 Å². The van der Waals surface area contributed by atoms with Crippen molar-refractivity contribution in [2.24, 2.45) is 5.92 Å². The van der Waals surface area contributed by atoms with Crippen molar-refractivity contribution in [1.29, 1.82) is 0 Å². The van der Waals surface area contributed by atoms with Crippen LogP contribution >= 0.6 is 0 Å². The third-order valence-electron chi connectivity index (χ3n) is 6.40. The van der Waals surface area contributed by atoms with Gasteiger partial charge in [0, 0.05) is 18.9 Å². The molecule has 1 aliphatic heterocycles. The average molecular weight is 445 g/mol. The SMILES string of the molecule is CN[C@@H](C)C(=O)N[C@H](C(=O)N1C=CN(CCc2ccc(F)cc2)C(=O)C1)C1CCCCC1. The van der Waals surface area contributed by atoms with Crippen LogP contribution in [0.1, 0.15) is 44.6 Å². The van der Waals surface area contributed by atoms with Crippen molar-refractivity contribution < 1.29 is 18.8 Å². The summed E-state index contributed by atoms with van der Waals surface area (Å²) in [4.78, 5) is 41.5. The molecule has 1 saturated carbocycles. The summed E-state index contributed by atoms with van der Waals surface area (Å²) in [6.45, 7) is 2.14. The zero-order valence-corrected chi connectivity index (χ0v) is 18.9. The normalized spacial score (nSPS) is 19.0.